The predicted octanol–water partition coefficient (Wildman–Crippen LogP) is 1.07. The third-order valence-corrected chi connectivity index (χ3v) is 4.64. The number of aryl methyl sites for hydroxylation is 1. The van der Waals surface area contributed by atoms with Crippen LogP contribution in [0.25, 0.3) is 0 Å². The van der Waals surface area contributed by atoms with Crippen LogP contribution in [-0.2, 0) is 11.2 Å². The van der Waals surface area contributed by atoms with Crippen molar-refractivity contribution in [3.63, 3.8) is 0 Å². The Morgan fingerprint density at radius 2 is 2.32 bits per heavy atom. The van der Waals surface area contributed by atoms with Gasteiger partial charge in [0.2, 0.25) is 0 Å². The third kappa shape index (κ3) is 3.69. The lowest BCUT2D eigenvalue weighted by Crippen LogP contribution is -2.55. The van der Waals surface area contributed by atoms with Crippen molar-refractivity contribution in [2.24, 2.45) is 0 Å². The second-order valence-corrected chi connectivity index (χ2v) is 6.10. The number of nitrogens with one attached hydrogen (secondary N) is 2. The molecule has 2 heterocycles. The number of carboxylic acid groups (broad SMARTS) is 1. The molecule has 0 aliphatic carbocycles. The average molecular weight is 422 g/mol. The summed E-state index contributed by atoms with van der Waals surface area (Å²) >= 11 is 2.09. The fraction of sp³-hybridized carbons (Fsp3) is 0.615. The van der Waals surface area contributed by atoms with Crippen LogP contribution < -0.4 is 5.32 Å². The number of piperidine rings is 1. The van der Waals surface area contributed by atoms with Gasteiger partial charge < -0.3 is 25.0 Å². The lowest BCUT2D eigenvalue weighted by atomic mass is 10.0. The van der Waals surface area contributed by atoms with E-state index < -0.39 is 6.09 Å². The van der Waals surface area contributed by atoms with Gasteiger partial charge >= 0.3 is 6.09 Å². The van der Waals surface area contributed by atoms with Crippen molar-refractivity contribution in [3.05, 3.63) is 15.2 Å². The molecule has 2 amide bonds. The van der Waals surface area contributed by atoms with Crippen LogP contribution in [0.4, 0.5) is 4.79 Å². The number of carbonyl (C=O) groups is 2. The monoisotopic (exact) mass is 422 g/mol. The van der Waals surface area contributed by atoms with E-state index in [-0.39, 0.29) is 30.4 Å². The first-order chi connectivity index (χ1) is 10.5. The van der Waals surface area contributed by atoms with Crippen LogP contribution in [0.5, 0.6) is 0 Å². The quantitative estimate of drug-likeness (QED) is 0.630. The average Bonchev–Trinajstić information content (AvgIpc) is 2.88. The fourth-order valence-corrected chi connectivity index (χ4v) is 3.22. The minimum atomic E-state index is -0.972. The second-order valence-electron chi connectivity index (χ2n) is 5.08. The Bertz CT molecular complexity index is 562. The SMILES string of the molecule is CCc1[nH]c(C(=O)N[C@@H]2CCN(C(=O)O)C[C@@H]2OC)nc1I. The largest absolute Gasteiger partial charge is 0.465 e. The van der Waals surface area contributed by atoms with E-state index in [1.807, 2.05) is 6.92 Å². The normalized spacial score (nSPS) is 21.7. The van der Waals surface area contributed by atoms with E-state index in [0.717, 1.165) is 15.8 Å². The Morgan fingerprint density at radius 1 is 1.59 bits per heavy atom. The summed E-state index contributed by atoms with van der Waals surface area (Å²) in [4.78, 5) is 31.8. The van der Waals surface area contributed by atoms with Crippen molar-refractivity contribution >= 4 is 34.6 Å². The van der Waals surface area contributed by atoms with Gasteiger partial charge in [0.05, 0.1) is 18.7 Å². The van der Waals surface area contributed by atoms with Crippen molar-refractivity contribution in [3.8, 4) is 0 Å². The molecule has 0 spiro atoms. The van der Waals surface area contributed by atoms with E-state index in [4.69, 9.17) is 9.84 Å². The molecule has 0 unspecified atom stereocenters. The number of hydrogen-bond donors (Lipinski definition) is 3. The number of hydrogen-bond acceptors (Lipinski definition) is 4. The molecule has 22 heavy (non-hydrogen) atoms. The molecule has 1 fully saturated rings. The molecule has 1 aromatic rings. The molecule has 2 atom stereocenters. The van der Waals surface area contributed by atoms with Crippen LogP contribution >= 0.6 is 22.6 Å². The Hall–Kier alpha value is -1.36. The molecule has 122 valence electrons. The van der Waals surface area contributed by atoms with Gasteiger partial charge in [-0.05, 0) is 35.4 Å². The number of likely N-dealkylation sites (tertiary alicyclic amines) is 1. The highest BCUT2D eigenvalue weighted by molar-refractivity contribution is 14.1. The number of methoxy groups -OCH3 is 1. The maximum absolute atomic E-state index is 12.3. The van der Waals surface area contributed by atoms with Crippen LogP contribution in [0, 0.1) is 3.70 Å². The second kappa shape index (κ2) is 7.27. The lowest BCUT2D eigenvalue weighted by Gasteiger charge is -2.36. The molecule has 0 bridgehead atoms. The number of aromatic amines is 1. The first kappa shape index (κ1) is 17.0. The number of halogens is 1. The van der Waals surface area contributed by atoms with E-state index in [9.17, 15) is 9.59 Å². The summed E-state index contributed by atoms with van der Waals surface area (Å²) in [6.07, 6.45) is -0.0564. The molecule has 0 aromatic carbocycles. The summed E-state index contributed by atoms with van der Waals surface area (Å²) in [5.74, 6) is -0.0230. The molecular weight excluding hydrogens is 403 g/mol. The summed E-state index contributed by atoms with van der Waals surface area (Å²) in [5, 5.41) is 11.9. The smallest absolute Gasteiger partial charge is 0.407 e. The molecule has 9 heteroatoms. The van der Waals surface area contributed by atoms with Crippen LogP contribution in [0.15, 0.2) is 0 Å². The zero-order valence-electron chi connectivity index (χ0n) is 12.4. The molecular formula is C13H19IN4O4. The number of amides is 2. The van der Waals surface area contributed by atoms with Gasteiger partial charge in [0.15, 0.2) is 5.82 Å². The third-order valence-electron chi connectivity index (χ3n) is 3.75. The topological polar surface area (TPSA) is 108 Å². The van der Waals surface area contributed by atoms with Gasteiger partial charge in [-0.25, -0.2) is 9.78 Å². The Morgan fingerprint density at radius 3 is 2.86 bits per heavy atom. The van der Waals surface area contributed by atoms with Crippen LogP contribution in [0.1, 0.15) is 29.7 Å². The molecule has 1 aromatic heterocycles. The zero-order chi connectivity index (χ0) is 16.3. The minimum absolute atomic E-state index is 0.235. The first-order valence-corrected chi connectivity index (χ1v) is 8.10. The van der Waals surface area contributed by atoms with Crippen molar-refractivity contribution in [2.75, 3.05) is 20.2 Å². The number of nitrogens with zero attached hydrogens (tertiary/aromatic N) is 2. The Labute approximate surface area is 141 Å². The summed E-state index contributed by atoms with van der Waals surface area (Å²) in [7, 11) is 1.51. The zero-order valence-corrected chi connectivity index (χ0v) is 14.6. The molecule has 0 radical (unpaired) electrons. The number of carbonyl (C=O) groups excluding carboxylic acids is 1. The summed E-state index contributed by atoms with van der Waals surface area (Å²) < 4.78 is 6.11. The van der Waals surface area contributed by atoms with Gasteiger partial charge in [0.1, 0.15) is 3.70 Å². The van der Waals surface area contributed by atoms with Gasteiger partial charge in [0.25, 0.3) is 5.91 Å². The van der Waals surface area contributed by atoms with Crippen molar-refractivity contribution in [2.45, 2.75) is 31.9 Å². The number of rotatable bonds is 4. The van der Waals surface area contributed by atoms with Gasteiger partial charge in [-0.3, -0.25) is 4.79 Å². The van der Waals surface area contributed by atoms with E-state index in [1.54, 1.807) is 0 Å². The molecule has 1 saturated heterocycles. The number of H-pyrrole nitrogens is 1. The molecule has 3 N–H and O–H groups in total. The van der Waals surface area contributed by atoms with Gasteiger partial charge in [-0.1, -0.05) is 6.92 Å². The standard InChI is InChI=1S/C13H19IN4O4/c1-3-7-10(14)17-11(15-7)12(19)16-8-4-5-18(13(20)21)6-9(8)22-2/h8-9H,3-6H2,1-2H3,(H,15,17)(H,16,19)(H,20,21)/t8-,9+/m1/s1. The highest BCUT2D eigenvalue weighted by Gasteiger charge is 2.33. The first-order valence-electron chi connectivity index (χ1n) is 7.02. The Kier molecular flexibility index (Phi) is 5.62. The maximum Gasteiger partial charge on any atom is 0.407 e. The van der Waals surface area contributed by atoms with Crippen LogP contribution in [0.2, 0.25) is 0 Å². The van der Waals surface area contributed by atoms with Gasteiger partial charge in [0, 0.05) is 19.3 Å². The van der Waals surface area contributed by atoms with Crippen LogP contribution in [-0.4, -0.2) is 64.3 Å². The molecule has 1 aliphatic heterocycles. The van der Waals surface area contributed by atoms with Crippen molar-refractivity contribution < 1.29 is 19.4 Å². The summed E-state index contributed by atoms with van der Waals surface area (Å²) in [6.45, 7) is 2.60. The number of ether oxygens (including phenoxy) is 1. The van der Waals surface area contributed by atoms with Gasteiger partial charge in [-0.15, -0.1) is 0 Å². The summed E-state index contributed by atoms with van der Waals surface area (Å²) in [5.41, 5.74) is 0.926. The molecule has 8 nitrogen and oxygen atoms in total. The van der Waals surface area contributed by atoms with Crippen molar-refractivity contribution in [1.29, 1.82) is 0 Å². The Balaban J connectivity index is 2.02. The summed E-state index contributed by atoms with van der Waals surface area (Å²) in [6, 6.07) is -0.235. The van der Waals surface area contributed by atoms with Gasteiger partial charge in [-0.2, -0.15) is 0 Å². The van der Waals surface area contributed by atoms with E-state index in [1.165, 1.54) is 12.0 Å². The highest BCUT2D eigenvalue weighted by atomic mass is 127. The lowest BCUT2D eigenvalue weighted by molar-refractivity contribution is 0.0100. The van der Waals surface area contributed by atoms with Crippen molar-refractivity contribution in [1.82, 2.24) is 20.2 Å². The minimum Gasteiger partial charge on any atom is -0.465 e. The molecule has 1 aliphatic rings. The van der Waals surface area contributed by atoms with Crippen LogP contribution in [0.3, 0.4) is 0 Å². The maximum atomic E-state index is 12.3. The molecule has 2 rings (SSSR count). The fourth-order valence-electron chi connectivity index (χ4n) is 2.46. The number of imidazole rings is 1. The molecule has 0 saturated carbocycles. The van der Waals surface area contributed by atoms with E-state index in [2.05, 4.69) is 37.9 Å². The van der Waals surface area contributed by atoms with E-state index >= 15 is 0 Å². The predicted molar refractivity (Wildman–Crippen MR) is 86.9 cm³/mol. The highest BCUT2D eigenvalue weighted by Crippen LogP contribution is 2.15. The number of aromatic nitrogens is 2. The van der Waals surface area contributed by atoms with E-state index in [0.29, 0.717) is 13.0 Å².